The number of rotatable bonds is 4. The van der Waals surface area contributed by atoms with Crippen LogP contribution < -0.4 is 0 Å². The summed E-state index contributed by atoms with van der Waals surface area (Å²) < 4.78 is 121. The smallest absolute Gasteiger partial charge is 0.485 e. The molecular formula is C18H22F6O6S2Zr. The molecule has 2 aliphatic rings. The molecule has 0 saturated heterocycles. The van der Waals surface area contributed by atoms with Gasteiger partial charge in [-0.15, -0.1) is 0 Å². The second kappa shape index (κ2) is 12.3. The first-order valence-corrected chi connectivity index (χ1v) is 14.5. The standard InChI is InChI=1S/2C8H11.2CHF3O3S.Zr/c2*1-3-8-5-4-7(2)6-8;2*2-1(3,4)8(5,6)7;/h2*5H,3-4H2,1-2H3;2*(H,5,6,7);/q;;;;+2/p-2. The van der Waals surface area contributed by atoms with Gasteiger partial charge in [0.15, 0.2) is 20.2 Å². The Morgan fingerprint density at radius 1 is 0.758 bits per heavy atom. The molecule has 0 amide bonds. The predicted octanol–water partition coefficient (Wildman–Crippen LogP) is 5.20. The van der Waals surface area contributed by atoms with Crippen molar-refractivity contribution in [2.24, 2.45) is 0 Å². The van der Waals surface area contributed by atoms with Gasteiger partial charge in [0.05, 0.1) is 0 Å². The van der Waals surface area contributed by atoms with E-state index in [1.165, 1.54) is 25.7 Å². The fourth-order valence-electron chi connectivity index (χ4n) is 2.65. The van der Waals surface area contributed by atoms with E-state index in [4.69, 9.17) is 25.9 Å². The van der Waals surface area contributed by atoms with Crippen molar-refractivity contribution in [3.63, 3.8) is 0 Å². The van der Waals surface area contributed by atoms with E-state index in [1.54, 1.807) is 28.9 Å². The van der Waals surface area contributed by atoms with Gasteiger partial charge in [-0.25, -0.2) is 16.8 Å². The largest absolute Gasteiger partial charge is 0.741 e. The maximum absolute atomic E-state index is 10.7. The van der Waals surface area contributed by atoms with Crippen molar-refractivity contribution < 1.29 is 75.5 Å². The Hall–Kier alpha value is -0.757. The Morgan fingerprint density at radius 2 is 1.00 bits per heavy atom. The van der Waals surface area contributed by atoms with E-state index >= 15 is 0 Å². The summed E-state index contributed by atoms with van der Waals surface area (Å²) in [5.41, 5.74) is -4.64. The van der Waals surface area contributed by atoms with Gasteiger partial charge in [0.1, 0.15) is 0 Å². The van der Waals surface area contributed by atoms with Crippen LogP contribution in [0.2, 0.25) is 0 Å². The molecule has 15 heteroatoms. The first-order chi connectivity index (χ1) is 14.7. The fraction of sp³-hybridized carbons (Fsp3) is 0.556. The molecule has 0 aromatic carbocycles. The Kier molecular flexibility index (Phi) is 12.0. The molecule has 6 nitrogen and oxygen atoms in total. The van der Waals surface area contributed by atoms with Gasteiger partial charge in [0.25, 0.3) is 0 Å². The number of hydrogen-bond acceptors (Lipinski definition) is 6. The van der Waals surface area contributed by atoms with Crippen LogP contribution in [-0.2, 0) is 43.5 Å². The zero-order chi connectivity index (χ0) is 26.4. The van der Waals surface area contributed by atoms with Crippen molar-refractivity contribution in [3.05, 3.63) is 41.0 Å². The molecule has 0 fully saturated rings. The zero-order valence-corrected chi connectivity index (χ0v) is 22.1. The van der Waals surface area contributed by atoms with E-state index in [2.05, 4.69) is 39.8 Å². The molecule has 2 aliphatic carbocycles. The molecule has 0 N–H and O–H groups in total. The summed E-state index contributed by atoms with van der Waals surface area (Å²) >= 11 is -0.539. The van der Waals surface area contributed by atoms with Gasteiger partial charge in [0.2, 0.25) is 0 Å². The van der Waals surface area contributed by atoms with Crippen LogP contribution >= 0.6 is 0 Å². The summed E-state index contributed by atoms with van der Waals surface area (Å²) in [4.78, 5) is 0. The van der Waals surface area contributed by atoms with E-state index in [1.807, 2.05) is 0 Å². The van der Waals surface area contributed by atoms with E-state index < -0.39 is 54.5 Å². The van der Waals surface area contributed by atoms with Crippen LogP contribution in [0.3, 0.4) is 0 Å². The second-order valence-corrected chi connectivity index (χ2v) is 12.6. The minimum absolute atomic E-state index is 0.539. The van der Waals surface area contributed by atoms with E-state index in [0.29, 0.717) is 0 Å². The van der Waals surface area contributed by atoms with Crippen molar-refractivity contribution in [2.45, 2.75) is 64.4 Å². The van der Waals surface area contributed by atoms with Crippen LogP contribution in [-0.4, -0.2) is 37.0 Å². The Labute approximate surface area is 200 Å². The summed E-state index contributed by atoms with van der Waals surface area (Å²) in [6, 6.07) is 0. The summed E-state index contributed by atoms with van der Waals surface area (Å²) in [6.45, 7) is 9.29. The first kappa shape index (κ1) is 32.2. The summed E-state index contributed by atoms with van der Waals surface area (Å²) in [7, 11) is -12.2. The van der Waals surface area contributed by atoms with Crippen LogP contribution in [0, 0.1) is 0 Å². The normalized spacial score (nSPS) is 17.0. The van der Waals surface area contributed by atoms with Crippen LogP contribution in [0.25, 0.3) is 0 Å². The third-order valence-corrected chi connectivity index (χ3v) is 10.4. The Balaban J connectivity index is 0.000000539. The number of hydrogen-bond donors (Lipinski definition) is 0. The molecule has 0 bridgehead atoms. The minimum atomic E-state index is -6.09. The first-order valence-electron chi connectivity index (χ1n) is 9.26. The molecule has 188 valence electrons. The average molecular weight is 604 g/mol. The Bertz CT molecular complexity index is 965. The molecule has 0 saturated carbocycles. The fourth-order valence-corrected chi connectivity index (χ4v) is 6.98. The van der Waals surface area contributed by atoms with E-state index in [-0.39, 0.29) is 0 Å². The number of halogens is 6. The maximum Gasteiger partial charge on any atom is 0.485 e. The molecule has 0 aromatic heterocycles. The number of alkyl halides is 6. The zero-order valence-electron chi connectivity index (χ0n) is 18.0. The molecule has 0 aliphatic heterocycles. The minimum Gasteiger partial charge on any atom is -0.741 e. The van der Waals surface area contributed by atoms with Gasteiger partial charge >= 0.3 is 129 Å². The van der Waals surface area contributed by atoms with Gasteiger partial charge in [-0.2, -0.15) is 26.3 Å². The van der Waals surface area contributed by atoms with Gasteiger partial charge in [-0.3, -0.25) is 0 Å². The summed E-state index contributed by atoms with van der Waals surface area (Å²) in [5, 5.41) is 0. The molecular weight excluding hydrogens is 582 g/mol. The van der Waals surface area contributed by atoms with Gasteiger partial charge in [0, 0.05) is 0 Å². The molecule has 0 atom stereocenters. The quantitative estimate of drug-likeness (QED) is 0.248. The predicted molar refractivity (Wildman–Crippen MR) is 103 cm³/mol. The van der Waals surface area contributed by atoms with Crippen LogP contribution in [0.5, 0.6) is 0 Å². The van der Waals surface area contributed by atoms with Crippen molar-refractivity contribution >= 4 is 20.2 Å². The molecule has 33 heavy (non-hydrogen) atoms. The molecule has 2 rings (SSSR count). The van der Waals surface area contributed by atoms with E-state index in [9.17, 15) is 26.3 Å². The number of allylic oxidation sites excluding steroid dienone is 8. The van der Waals surface area contributed by atoms with Crippen molar-refractivity contribution in [1.29, 1.82) is 0 Å². The Morgan fingerprint density at radius 3 is 1.18 bits per heavy atom. The van der Waals surface area contributed by atoms with E-state index in [0.717, 1.165) is 0 Å². The summed E-state index contributed by atoms with van der Waals surface area (Å²) in [6.07, 6.45) is 9.82. The van der Waals surface area contributed by atoms with Gasteiger partial charge < -0.3 is 9.11 Å². The van der Waals surface area contributed by atoms with Gasteiger partial charge in [-0.1, -0.05) is 0 Å². The molecule has 0 radical (unpaired) electrons. The van der Waals surface area contributed by atoms with Crippen molar-refractivity contribution in [1.82, 2.24) is 0 Å². The SMILES string of the molecule is CCC1=CCC(C)=[C]1[Zr+2][C]1=C(C)CC=C1CC.O=S(=O)([O-])C(F)(F)F.O=S(=O)([O-])C(F)(F)F. The third-order valence-electron chi connectivity index (χ3n) is 4.38. The third kappa shape index (κ3) is 10.2. The van der Waals surface area contributed by atoms with Crippen molar-refractivity contribution in [3.8, 4) is 0 Å². The molecule has 0 unspecified atom stereocenters. The molecule has 0 aromatic rings. The topological polar surface area (TPSA) is 114 Å². The average Bonchev–Trinajstić information content (AvgIpc) is 3.16. The maximum atomic E-state index is 10.7. The van der Waals surface area contributed by atoms with Crippen LogP contribution in [0.15, 0.2) is 41.0 Å². The van der Waals surface area contributed by atoms with Crippen LogP contribution in [0.1, 0.15) is 53.4 Å². The molecule has 0 heterocycles. The van der Waals surface area contributed by atoms with Gasteiger partial charge in [-0.05, 0) is 0 Å². The van der Waals surface area contributed by atoms with Crippen molar-refractivity contribution in [2.75, 3.05) is 0 Å². The summed E-state index contributed by atoms with van der Waals surface area (Å²) in [5.74, 6) is 0. The monoisotopic (exact) mass is 602 g/mol. The van der Waals surface area contributed by atoms with Crippen LogP contribution in [0.4, 0.5) is 26.3 Å². The second-order valence-electron chi connectivity index (χ2n) is 6.81. The molecule has 0 spiro atoms.